The van der Waals surface area contributed by atoms with Gasteiger partial charge in [0.15, 0.2) is 17.2 Å². The molecule has 8 heteroatoms. The van der Waals surface area contributed by atoms with Gasteiger partial charge in [0.05, 0.1) is 0 Å². The molecule has 0 amide bonds. The van der Waals surface area contributed by atoms with Crippen LogP contribution in [0.2, 0.25) is 0 Å². The Bertz CT molecular complexity index is 945. The van der Waals surface area contributed by atoms with Gasteiger partial charge in [-0.3, -0.25) is 14.4 Å². The number of carbonyl (C=O) groups is 3. The fourth-order valence-corrected chi connectivity index (χ4v) is 7.31. The van der Waals surface area contributed by atoms with Gasteiger partial charge in [0.1, 0.15) is 24.5 Å². The summed E-state index contributed by atoms with van der Waals surface area (Å²) in [6.45, 7) is 4.10. The minimum Gasteiger partial charge on any atom is -0.459 e. The summed E-state index contributed by atoms with van der Waals surface area (Å²) in [6.07, 6.45) is 1.24. The number of carbonyl (C=O) groups excluding carboxylic acids is 3. The maximum absolute atomic E-state index is 17.6. The van der Waals surface area contributed by atoms with Gasteiger partial charge in [-0.05, 0) is 62.7 Å². The summed E-state index contributed by atoms with van der Waals surface area (Å²) < 4.78 is 38.8. The van der Waals surface area contributed by atoms with Gasteiger partial charge in [-0.1, -0.05) is 19.9 Å². The van der Waals surface area contributed by atoms with Gasteiger partial charge < -0.3 is 14.9 Å². The average Bonchev–Trinajstić information content (AvgIpc) is 3.03. The molecule has 0 aliphatic heterocycles. The quantitative estimate of drug-likeness (QED) is 0.605. The van der Waals surface area contributed by atoms with Gasteiger partial charge in [0.2, 0.25) is 0 Å². The monoisotopic (exact) mass is 466 g/mol. The Morgan fingerprint density at radius 2 is 1.97 bits per heavy atom. The lowest BCUT2D eigenvalue weighted by Crippen LogP contribution is -2.71. The number of ketones is 2. The van der Waals surface area contributed by atoms with Crippen LogP contribution < -0.4 is 0 Å². The van der Waals surface area contributed by atoms with Gasteiger partial charge in [0, 0.05) is 23.2 Å². The molecule has 33 heavy (non-hydrogen) atoms. The summed E-state index contributed by atoms with van der Waals surface area (Å²) in [5, 5.41) is 20.9. The molecule has 0 spiro atoms. The third-order valence-corrected chi connectivity index (χ3v) is 9.09. The van der Waals surface area contributed by atoms with Crippen molar-refractivity contribution in [3.63, 3.8) is 0 Å². The van der Waals surface area contributed by atoms with Crippen LogP contribution in [0.25, 0.3) is 0 Å². The molecule has 3 saturated carbocycles. The van der Waals surface area contributed by atoms with E-state index in [2.05, 4.69) is 0 Å². The highest BCUT2D eigenvalue weighted by Crippen LogP contribution is 2.70. The molecule has 2 N–H and O–H groups in total. The Labute approximate surface area is 192 Å². The molecule has 4 aliphatic rings. The standard InChI is InChI=1S/C25H32F2O6/c1-4-5-21(31)33-20-12-23(3)15(7-9-24(23,32)19(30)13-28)16-11-18(26)17-10-14(29)6-8-22(17,2)25(16,20)27/h6,8,10,15-16,18,20,28,32H,4-5,7,9,11-13H2,1-3H3/t15-,16-,18-,20-,22-,23-,24-,25-/m0/s1. The van der Waals surface area contributed by atoms with E-state index in [1.807, 2.05) is 0 Å². The van der Waals surface area contributed by atoms with E-state index in [9.17, 15) is 24.6 Å². The van der Waals surface area contributed by atoms with Crippen LogP contribution in [-0.4, -0.2) is 57.9 Å². The number of rotatable bonds is 5. The van der Waals surface area contributed by atoms with Crippen LogP contribution in [0, 0.1) is 22.7 Å². The first-order chi connectivity index (χ1) is 15.4. The van der Waals surface area contributed by atoms with Crippen LogP contribution in [-0.2, 0) is 19.1 Å². The van der Waals surface area contributed by atoms with E-state index in [4.69, 9.17) is 4.74 Å². The first kappa shape index (κ1) is 24.2. The van der Waals surface area contributed by atoms with Crippen molar-refractivity contribution >= 4 is 17.5 Å². The molecule has 0 radical (unpaired) electrons. The van der Waals surface area contributed by atoms with Gasteiger partial charge in [-0.25, -0.2) is 8.78 Å². The van der Waals surface area contributed by atoms with Crippen molar-refractivity contribution in [2.75, 3.05) is 6.61 Å². The highest BCUT2D eigenvalue weighted by molar-refractivity contribution is 6.01. The molecular formula is C25H32F2O6. The maximum Gasteiger partial charge on any atom is 0.306 e. The van der Waals surface area contributed by atoms with Crippen molar-refractivity contribution in [1.29, 1.82) is 0 Å². The molecule has 0 heterocycles. The second-order valence-corrected chi connectivity index (χ2v) is 10.6. The first-order valence-electron chi connectivity index (χ1n) is 11.7. The number of allylic oxidation sites excluding steroid dienone is 4. The second kappa shape index (κ2) is 7.80. The number of Topliss-reactive ketones (excluding diaryl/α,β-unsaturated/α-hetero) is 1. The number of hydrogen-bond donors (Lipinski definition) is 2. The number of fused-ring (bicyclic) bond motifs is 5. The predicted molar refractivity (Wildman–Crippen MR) is 114 cm³/mol. The minimum atomic E-state index is -2.24. The topological polar surface area (TPSA) is 101 Å². The molecule has 3 fully saturated rings. The fourth-order valence-electron chi connectivity index (χ4n) is 7.31. The van der Waals surface area contributed by atoms with Crippen LogP contribution in [0.3, 0.4) is 0 Å². The van der Waals surface area contributed by atoms with Crippen LogP contribution in [0.1, 0.15) is 59.3 Å². The van der Waals surface area contributed by atoms with E-state index in [1.165, 1.54) is 19.1 Å². The fraction of sp³-hybridized carbons (Fsp3) is 0.720. The number of hydrogen-bond acceptors (Lipinski definition) is 6. The second-order valence-electron chi connectivity index (χ2n) is 10.6. The zero-order valence-corrected chi connectivity index (χ0v) is 19.3. The molecule has 0 unspecified atom stereocenters. The number of ether oxygens (including phenoxy) is 1. The van der Waals surface area contributed by atoms with E-state index >= 15 is 8.78 Å². The largest absolute Gasteiger partial charge is 0.459 e. The van der Waals surface area contributed by atoms with E-state index in [0.717, 1.165) is 6.08 Å². The third-order valence-electron chi connectivity index (χ3n) is 9.09. The van der Waals surface area contributed by atoms with Gasteiger partial charge in [-0.2, -0.15) is 0 Å². The summed E-state index contributed by atoms with van der Waals surface area (Å²) in [4.78, 5) is 37.2. The zero-order chi connectivity index (χ0) is 24.4. The minimum absolute atomic E-state index is 0.0143. The zero-order valence-electron chi connectivity index (χ0n) is 19.3. The molecular weight excluding hydrogens is 434 g/mol. The number of halogens is 2. The molecule has 8 atom stereocenters. The Kier molecular flexibility index (Phi) is 5.72. The third kappa shape index (κ3) is 3.05. The lowest BCUT2D eigenvalue weighted by Gasteiger charge is -2.63. The van der Waals surface area contributed by atoms with Crippen LogP contribution in [0.15, 0.2) is 23.8 Å². The maximum atomic E-state index is 17.6. The normalized spacial score (nSPS) is 46.2. The van der Waals surface area contributed by atoms with E-state index in [0.29, 0.717) is 6.42 Å². The molecule has 0 aromatic heterocycles. The molecule has 182 valence electrons. The highest BCUT2D eigenvalue weighted by atomic mass is 19.1. The van der Waals surface area contributed by atoms with Gasteiger partial charge in [0.25, 0.3) is 0 Å². The van der Waals surface area contributed by atoms with Crippen molar-refractivity contribution in [3.8, 4) is 0 Å². The summed E-state index contributed by atoms with van der Waals surface area (Å²) in [6, 6.07) is 0. The molecule has 4 rings (SSSR count). The molecule has 6 nitrogen and oxygen atoms in total. The number of aliphatic hydroxyl groups is 2. The molecule has 0 aromatic carbocycles. The van der Waals surface area contributed by atoms with E-state index in [-0.39, 0.29) is 37.7 Å². The Balaban J connectivity index is 1.88. The summed E-state index contributed by atoms with van der Waals surface area (Å²) in [7, 11) is 0. The smallest absolute Gasteiger partial charge is 0.306 e. The van der Waals surface area contributed by atoms with Crippen molar-refractivity contribution < 1.29 is 38.1 Å². The Hall–Kier alpha value is -1.93. The Morgan fingerprint density at radius 1 is 1.27 bits per heavy atom. The number of esters is 1. The van der Waals surface area contributed by atoms with Crippen molar-refractivity contribution in [2.45, 2.75) is 82.8 Å². The summed E-state index contributed by atoms with van der Waals surface area (Å²) in [5.74, 6) is -3.34. The predicted octanol–water partition coefficient (Wildman–Crippen LogP) is 2.95. The summed E-state index contributed by atoms with van der Waals surface area (Å²) >= 11 is 0. The van der Waals surface area contributed by atoms with Gasteiger partial charge >= 0.3 is 5.97 Å². The van der Waals surface area contributed by atoms with Crippen LogP contribution in [0.4, 0.5) is 8.78 Å². The molecule has 4 aliphatic carbocycles. The van der Waals surface area contributed by atoms with Crippen LogP contribution in [0.5, 0.6) is 0 Å². The lowest BCUT2D eigenvalue weighted by atomic mass is 9.44. The van der Waals surface area contributed by atoms with Crippen molar-refractivity contribution in [2.24, 2.45) is 22.7 Å². The van der Waals surface area contributed by atoms with Crippen LogP contribution >= 0.6 is 0 Å². The van der Waals surface area contributed by atoms with E-state index in [1.54, 1.807) is 13.8 Å². The molecule has 0 aromatic rings. The summed E-state index contributed by atoms with van der Waals surface area (Å²) in [5.41, 5.74) is -6.86. The van der Waals surface area contributed by atoms with E-state index < -0.39 is 70.4 Å². The highest BCUT2D eigenvalue weighted by Gasteiger charge is 2.76. The first-order valence-corrected chi connectivity index (χ1v) is 11.7. The SMILES string of the molecule is CCCC(=O)O[C@H]1C[C@@]2(C)[C@@H](CC[C@]2(O)C(=O)CO)[C@@H]2C[C@H](F)C3=CC(=O)C=C[C@]3(C)[C@@]12F. The van der Waals surface area contributed by atoms with Crippen molar-refractivity contribution in [1.82, 2.24) is 0 Å². The number of alkyl halides is 2. The lowest BCUT2D eigenvalue weighted by molar-refractivity contribution is -0.232. The molecule has 0 saturated heterocycles. The number of aliphatic hydroxyl groups excluding tert-OH is 1. The average molecular weight is 467 g/mol. The van der Waals surface area contributed by atoms with Gasteiger partial charge in [-0.15, -0.1) is 0 Å². The molecule has 0 bridgehead atoms. The van der Waals surface area contributed by atoms with Crippen molar-refractivity contribution in [3.05, 3.63) is 23.8 Å². The Morgan fingerprint density at radius 3 is 2.61 bits per heavy atom.